The monoisotopic (exact) mass is 346 g/mol. The van der Waals surface area contributed by atoms with Crippen molar-refractivity contribution in [2.24, 2.45) is 5.92 Å². The lowest BCUT2D eigenvalue weighted by atomic mass is 10.1. The van der Waals surface area contributed by atoms with Crippen LogP contribution in [0.25, 0.3) is 0 Å². The van der Waals surface area contributed by atoms with E-state index in [2.05, 4.69) is 5.32 Å². The summed E-state index contributed by atoms with van der Waals surface area (Å²) in [4.78, 5) is 37.5. The maximum Gasteiger partial charge on any atom is 0.407 e. The van der Waals surface area contributed by atoms with Gasteiger partial charge in [-0.3, -0.25) is 14.5 Å². The number of benzene rings is 1. The van der Waals surface area contributed by atoms with Gasteiger partial charge >= 0.3 is 6.09 Å². The molecule has 1 N–H and O–H groups in total. The maximum atomic E-state index is 12.3. The van der Waals surface area contributed by atoms with Gasteiger partial charge in [0.25, 0.3) is 11.8 Å². The Kier molecular flexibility index (Phi) is 5.82. The molecule has 1 aromatic rings. The number of carbonyl (C=O) groups excluding carboxylic acids is 3. The molecule has 6 heteroatoms. The van der Waals surface area contributed by atoms with Crippen molar-refractivity contribution in [2.75, 3.05) is 13.1 Å². The van der Waals surface area contributed by atoms with Crippen LogP contribution in [0.1, 0.15) is 61.3 Å². The van der Waals surface area contributed by atoms with E-state index < -0.39 is 11.7 Å². The summed E-state index contributed by atoms with van der Waals surface area (Å²) in [5.41, 5.74) is 0.445. The summed E-state index contributed by atoms with van der Waals surface area (Å²) in [6, 6.07) is 6.90. The van der Waals surface area contributed by atoms with E-state index in [-0.39, 0.29) is 17.7 Å². The average Bonchev–Trinajstić information content (AvgIpc) is 2.75. The Bertz CT molecular complexity index is 629. The molecule has 1 aliphatic heterocycles. The van der Waals surface area contributed by atoms with Gasteiger partial charge in [-0.1, -0.05) is 19.1 Å². The fourth-order valence-electron chi connectivity index (χ4n) is 2.76. The molecule has 0 aliphatic carbocycles. The molecular formula is C19H26N2O4. The summed E-state index contributed by atoms with van der Waals surface area (Å²) in [6.45, 7) is 8.33. The number of fused-ring (bicyclic) bond motifs is 1. The first-order valence-corrected chi connectivity index (χ1v) is 8.61. The van der Waals surface area contributed by atoms with Gasteiger partial charge in [-0.2, -0.15) is 0 Å². The molecule has 0 bridgehead atoms. The third kappa shape index (κ3) is 5.05. The number of hydrogen-bond donors (Lipinski definition) is 1. The minimum Gasteiger partial charge on any atom is -0.444 e. The summed E-state index contributed by atoms with van der Waals surface area (Å²) >= 11 is 0. The van der Waals surface area contributed by atoms with Gasteiger partial charge in [0.05, 0.1) is 11.1 Å². The van der Waals surface area contributed by atoms with Crippen LogP contribution in [-0.2, 0) is 4.74 Å². The molecule has 0 unspecified atom stereocenters. The van der Waals surface area contributed by atoms with Gasteiger partial charge < -0.3 is 10.1 Å². The number of ether oxygens (including phenoxy) is 1. The van der Waals surface area contributed by atoms with Gasteiger partial charge in [0.2, 0.25) is 0 Å². The molecule has 1 aromatic carbocycles. The minimum atomic E-state index is -0.511. The van der Waals surface area contributed by atoms with Crippen molar-refractivity contribution in [3.05, 3.63) is 35.4 Å². The van der Waals surface area contributed by atoms with E-state index in [1.807, 2.05) is 27.7 Å². The van der Waals surface area contributed by atoms with Gasteiger partial charge in [-0.15, -0.1) is 0 Å². The summed E-state index contributed by atoms with van der Waals surface area (Å²) < 4.78 is 5.17. The Morgan fingerprint density at radius 3 is 2.24 bits per heavy atom. The second kappa shape index (κ2) is 7.68. The van der Waals surface area contributed by atoms with Crippen LogP contribution < -0.4 is 5.32 Å². The van der Waals surface area contributed by atoms with E-state index >= 15 is 0 Å². The zero-order valence-electron chi connectivity index (χ0n) is 15.3. The van der Waals surface area contributed by atoms with E-state index in [4.69, 9.17) is 4.74 Å². The molecule has 1 atom stereocenters. The van der Waals surface area contributed by atoms with Crippen LogP contribution in [0.5, 0.6) is 0 Å². The van der Waals surface area contributed by atoms with Crippen molar-refractivity contribution >= 4 is 17.9 Å². The van der Waals surface area contributed by atoms with E-state index in [0.717, 1.165) is 12.8 Å². The number of nitrogens with zero attached hydrogens (tertiary/aromatic N) is 1. The highest BCUT2D eigenvalue weighted by atomic mass is 16.6. The van der Waals surface area contributed by atoms with Crippen molar-refractivity contribution in [1.82, 2.24) is 10.2 Å². The minimum absolute atomic E-state index is 0.155. The molecule has 136 valence electrons. The lowest BCUT2D eigenvalue weighted by Crippen LogP contribution is -2.35. The molecule has 2 rings (SSSR count). The Morgan fingerprint density at radius 2 is 1.72 bits per heavy atom. The van der Waals surface area contributed by atoms with Crippen molar-refractivity contribution in [3.63, 3.8) is 0 Å². The van der Waals surface area contributed by atoms with E-state index in [1.165, 1.54) is 4.90 Å². The molecule has 0 radical (unpaired) electrons. The third-order valence-electron chi connectivity index (χ3n) is 3.91. The molecule has 25 heavy (non-hydrogen) atoms. The lowest BCUT2D eigenvalue weighted by Gasteiger charge is -2.21. The predicted octanol–water partition coefficient (Wildman–Crippen LogP) is 3.22. The van der Waals surface area contributed by atoms with E-state index in [9.17, 15) is 14.4 Å². The van der Waals surface area contributed by atoms with Gasteiger partial charge in [0.15, 0.2) is 0 Å². The van der Waals surface area contributed by atoms with Crippen LogP contribution in [0, 0.1) is 5.92 Å². The second-order valence-corrected chi connectivity index (χ2v) is 7.44. The quantitative estimate of drug-likeness (QED) is 0.634. The van der Waals surface area contributed by atoms with E-state index in [0.29, 0.717) is 24.2 Å². The van der Waals surface area contributed by atoms with E-state index in [1.54, 1.807) is 24.3 Å². The van der Waals surface area contributed by atoms with Crippen LogP contribution >= 0.6 is 0 Å². The van der Waals surface area contributed by atoms with Crippen molar-refractivity contribution in [3.8, 4) is 0 Å². The van der Waals surface area contributed by atoms with Crippen LogP contribution in [0.3, 0.4) is 0 Å². The van der Waals surface area contributed by atoms with Crippen LogP contribution in [0.2, 0.25) is 0 Å². The Labute approximate surface area is 148 Å². The largest absolute Gasteiger partial charge is 0.444 e. The van der Waals surface area contributed by atoms with Gasteiger partial charge in [0, 0.05) is 13.1 Å². The van der Waals surface area contributed by atoms with Gasteiger partial charge in [-0.25, -0.2) is 4.79 Å². The standard InChI is InChI=1S/C19H26N2O4/c1-13(8-7-11-20-18(24)25-19(2,3)4)12-21-16(22)14-9-5-6-10-15(14)17(21)23/h5-6,9-10,13H,7-8,11-12H2,1-4H3,(H,20,24)/t13-/m0/s1. The number of nitrogens with one attached hydrogen (secondary N) is 1. The SMILES string of the molecule is C[C@@H](CCCNC(=O)OC(C)(C)C)CN1C(=O)c2ccccc2C1=O. The third-order valence-corrected chi connectivity index (χ3v) is 3.91. The first-order chi connectivity index (χ1) is 11.7. The summed E-state index contributed by atoms with van der Waals surface area (Å²) in [7, 11) is 0. The Balaban J connectivity index is 1.75. The highest BCUT2D eigenvalue weighted by molar-refractivity contribution is 6.21. The zero-order valence-corrected chi connectivity index (χ0v) is 15.3. The first kappa shape index (κ1) is 19.0. The Morgan fingerprint density at radius 1 is 1.16 bits per heavy atom. The lowest BCUT2D eigenvalue weighted by molar-refractivity contribution is 0.0526. The number of amides is 3. The first-order valence-electron chi connectivity index (χ1n) is 8.61. The van der Waals surface area contributed by atoms with Crippen molar-refractivity contribution in [1.29, 1.82) is 0 Å². The molecule has 0 spiro atoms. The molecule has 1 aliphatic rings. The number of rotatable bonds is 6. The number of hydrogen-bond acceptors (Lipinski definition) is 4. The fourth-order valence-corrected chi connectivity index (χ4v) is 2.76. The molecule has 3 amide bonds. The fraction of sp³-hybridized carbons (Fsp3) is 0.526. The van der Waals surface area contributed by atoms with Crippen LogP contribution in [0.4, 0.5) is 4.79 Å². The second-order valence-electron chi connectivity index (χ2n) is 7.44. The zero-order chi connectivity index (χ0) is 18.6. The normalized spacial score (nSPS) is 15.1. The van der Waals surface area contributed by atoms with Crippen LogP contribution in [-0.4, -0.2) is 41.5 Å². The summed E-state index contributed by atoms with van der Waals surface area (Å²) in [5.74, 6) is -0.290. The number of alkyl carbamates (subject to hydrolysis) is 1. The van der Waals surface area contributed by atoms with Gasteiger partial charge in [-0.05, 0) is 51.7 Å². The number of carbonyl (C=O) groups is 3. The highest BCUT2D eigenvalue weighted by Crippen LogP contribution is 2.24. The molecule has 0 saturated carbocycles. The number of imide groups is 1. The molecule has 0 saturated heterocycles. The smallest absolute Gasteiger partial charge is 0.407 e. The van der Waals surface area contributed by atoms with Crippen molar-refractivity contribution in [2.45, 2.75) is 46.1 Å². The maximum absolute atomic E-state index is 12.3. The molecular weight excluding hydrogens is 320 g/mol. The Hall–Kier alpha value is -2.37. The summed E-state index contributed by atoms with van der Waals surface area (Å²) in [6.07, 6.45) is 1.12. The predicted molar refractivity (Wildman–Crippen MR) is 94.4 cm³/mol. The molecule has 1 heterocycles. The molecule has 6 nitrogen and oxygen atoms in total. The highest BCUT2D eigenvalue weighted by Gasteiger charge is 2.35. The molecule has 0 fully saturated rings. The van der Waals surface area contributed by atoms with Gasteiger partial charge in [0.1, 0.15) is 5.60 Å². The molecule has 0 aromatic heterocycles. The van der Waals surface area contributed by atoms with Crippen LogP contribution in [0.15, 0.2) is 24.3 Å². The summed E-state index contributed by atoms with van der Waals surface area (Å²) in [5, 5.41) is 2.71. The topological polar surface area (TPSA) is 75.7 Å². The average molecular weight is 346 g/mol. The van der Waals surface area contributed by atoms with Crippen molar-refractivity contribution < 1.29 is 19.1 Å².